The molecule has 3 aromatic rings. The average Bonchev–Trinajstić information content (AvgIpc) is 3.53. The van der Waals surface area contributed by atoms with Crippen molar-refractivity contribution < 1.29 is 9.53 Å². The SMILES string of the molecule is NC1(c2ccc(C3CCOCC3)cc2)CC1C(=O)N/N=C/c1cccc2cnccc12. The molecule has 158 valence electrons. The zero-order chi connectivity index (χ0) is 21.3. The van der Waals surface area contributed by atoms with E-state index in [1.54, 1.807) is 12.4 Å². The van der Waals surface area contributed by atoms with Crippen LogP contribution in [0.5, 0.6) is 0 Å². The molecule has 2 fully saturated rings. The highest BCUT2D eigenvalue weighted by molar-refractivity contribution is 5.99. The van der Waals surface area contributed by atoms with Gasteiger partial charge in [0.15, 0.2) is 0 Å². The van der Waals surface area contributed by atoms with Crippen molar-refractivity contribution in [1.29, 1.82) is 0 Å². The fourth-order valence-corrected chi connectivity index (χ4v) is 4.52. The number of hydrogen-bond acceptors (Lipinski definition) is 5. The van der Waals surface area contributed by atoms with E-state index in [1.807, 2.05) is 30.5 Å². The van der Waals surface area contributed by atoms with Crippen LogP contribution in [0.1, 0.15) is 41.9 Å². The van der Waals surface area contributed by atoms with E-state index in [4.69, 9.17) is 10.5 Å². The molecule has 2 unspecified atom stereocenters. The third-order valence-corrected chi connectivity index (χ3v) is 6.55. The maximum atomic E-state index is 12.6. The minimum absolute atomic E-state index is 0.144. The van der Waals surface area contributed by atoms with Crippen LogP contribution in [0, 0.1) is 5.92 Å². The van der Waals surface area contributed by atoms with Crippen molar-refractivity contribution >= 4 is 22.9 Å². The van der Waals surface area contributed by atoms with Crippen molar-refractivity contribution in [3.05, 3.63) is 77.6 Å². The molecule has 5 rings (SSSR count). The van der Waals surface area contributed by atoms with E-state index in [-0.39, 0.29) is 11.8 Å². The monoisotopic (exact) mass is 414 g/mol. The van der Waals surface area contributed by atoms with Gasteiger partial charge in [0, 0.05) is 36.6 Å². The Morgan fingerprint density at radius 1 is 1.16 bits per heavy atom. The lowest BCUT2D eigenvalue weighted by atomic mass is 9.90. The Hall–Kier alpha value is -3.09. The summed E-state index contributed by atoms with van der Waals surface area (Å²) in [5.41, 5.74) is 11.9. The number of benzene rings is 2. The largest absolute Gasteiger partial charge is 0.381 e. The van der Waals surface area contributed by atoms with Gasteiger partial charge < -0.3 is 10.5 Å². The number of aromatic nitrogens is 1. The molecule has 2 aromatic carbocycles. The van der Waals surface area contributed by atoms with Crippen LogP contribution in [-0.2, 0) is 15.1 Å². The predicted octanol–water partition coefficient (Wildman–Crippen LogP) is 3.45. The standard InChI is InChI=1S/C25H26N4O2/c26-25(21-6-4-17(5-7-21)18-9-12-31-13-10-18)14-23(25)24(30)29-28-16-20-3-1-2-19-15-27-11-8-22(19)20/h1-8,11,15-16,18,23H,9-10,12-14,26H2,(H,29,30)/b28-16+. The smallest absolute Gasteiger partial charge is 0.245 e. The third-order valence-electron chi connectivity index (χ3n) is 6.55. The zero-order valence-electron chi connectivity index (χ0n) is 17.3. The summed E-state index contributed by atoms with van der Waals surface area (Å²) in [6, 6.07) is 16.3. The second-order valence-corrected chi connectivity index (χ2v) is 8.48. The van der Waals surface area contributed by atoms with Crippen LogP contribution < -0.4 is 11.2 Å². The van der Waals surface area contributed by atoms with Gasteiger partial charge in [-0.25, -0.2) is 5.43 Å². The van der Waals surface area contributed by atoms with Crippen molar-refractivity contribution in [3.8, 4) is 0 Å². The topological polar surface area (TPSA) is 89.6 Å². The van der Waals surface area contributed by atoms with Crippen LogP contribution >= 0.6 is 0 Å². The maximum Gasteiger partial charge on any atom is 0.245 e. The lowest BCUT2D eigenvalue weighted by Crippen LogP contribution is -2.30. The minimum Gasteiger partial charge on any atom is -0.381 e. The molecule has 1 aliphatic carbocycles. The first-order valence-corrected chi connectivity index (χ1v) is 10.8. The first kappa shape index (κ1) is 19.8. The van der Waals surface area contributed by atoms with E-state index >= 15 is 0 Å². The first-order valence-electron chi connectivity index (χ1n) is 10.8. The van der Waals surface area contributed by atoms with Crippen LogP contribution in [0.25, 0.3) is 10.8 Å². The van der Waals surface area contributed by atoms with E-state index in [2.05, 4.69) is 39.8 Å². The van der Waals surface area contributed by atoms with Gasteiger partial charge in [0.2, 0.25) is 5.91 Å². The average molecular weight is 415 g/mol. The highest BCUT2D eigenvalue weighted by Crippen LogP contribution is 2.50. The molecule has 1 aromatic heterocycles. The Balaban J connectivity index is 1.22. The van der Waals surface area contributed by atoms with Gasteiger partial charge in [-0.05, 0) is 47.8 Å². The number of carbonyl (C=O) groups excluding carboxylic acids is 1. The minimum atomic E-state index is -0.612. The third kappa shape index (κ3) is 3.96. The summed E-state index contributed by atoms with van der Waals surface area (Å²) in [7, 11) is 0. The fourth-order valence-electron chi connectivity index (χ4n) is 4.52. The Labute approximate surface area is 181 Å². The molecule has 1 saturated carbocycles. The molecule has 6 nitrogen and oxygen atoms in total. The molecule has 1 aliphatic heterocycles. The highest BCUT2D eigenvalue weighted by Gasteiger charge is 2.56. The summed E-state index contributed by atoms with van der Waals surface area (Å²) in [5.74, 6) is 0.137. The molecule has 2 atom stereocenters. The van der Waals surface area contributed by atoms with Gasteiger partial charge in [0.1, 0.15) is 0 Å². The summed E-state index contributed by atoms with van der Waals surface area (Å²) in [6.45, 7) is 1.65. The number of hydrogen-bond donors (Lipinski definition) is 2. The van der Waals surface area contributed by atoms with Crippen LogP contribution in [0.4, 0.5) is 0 Å². The number of nitrogens with one attached hydrogen (secondary N) is 1. The van der Waals surface area contributed by atoms with Gasteiger partial charge in [-0.3, -0.25) is 9.78 Å². The summed E-state index contributed by atoms with van der Waals surface area (Å²) in [4.78, 5) is 16.8. The molecule has 6 heteroatoms. The number of hydrazone groups is 1. The number of pyridine rings is 1. The number of carbonyl (C=O) groups is 1. The molecule has 2 heterocycles. The van der Waals surface area contributed by atoms with Gasteiger partial charge >= 0.3 is 0 Å². The van der Waals surface area contributed by atoms with Gasteiger partial charge in [0.05, 0.1) is 17.7 Å². The normalized spacial score (nSPS) is 23.8. The van der Waals surface area contributed by atoms with E-state index in [1.165, 1.54) is 5.56 Å². The van der Waals surface area contributed by atoms with Gasteiger partial charge in [-0.15, -0.1) is 0 Å². The van der Waals surface area contributed by atoms with Crippen LogP contribution in [0.2, 0.25) is 0 Å². The van der Waals surface area contributed by atoms with Crippen LogP contribution in [0.3, 0.4) is 0 Å². The van der Waals surface area contributed by atoms with Gasteiger partial charge in [-0.1, -0.05) is 42.5 Å². The van der Waals surface area contributed by atoms with E-state index in [0.29, 0.717) is 12.3 Å². The fraction of sp³-hybridized carbons (Fsp3) is 0.320. The summed E-state index contributed by atoms with van der Waals surface area (Å²) >= 11 is 0. The molecule has 1 amide bonds. The Morgan fingerprint density at radius 3 is 2.77 bits per heavy atom. The molecule has 2 aliphatic rings. The molecule has 0 spiro atoms. The van der Waals surface area contributed by atoms with Crippen molar-refractivity contribution in [2.24, 2.45) is 16.8 Å². The zero-order valence-corrected chi connectivity index (χ0v) is 17.3. The van der Waals surface area contributed by atoms with Gasteiger partial charge in [0.25, 0.3) is 0 Å². The molecule has 1 saturated heterocycles. The Morgan fingerprint density at radius 2 is 1.97 bits per heavy atom. The number of fused-ring (bicyclic) bond motifs is 1. The highest BCUT2D eigenvalue weighted by atomic mass is 16.5. The van der Waals surface area contributed by atoms with Crippen LogP contribution in [0.15, 0.2) is 66.0 Å². The lowest BCUT2D eigenvalue weighted by molar-refractivity contribution is -0.122. The number of amides is 1. The second-order valence-electron chi connectivity index (χ2n) is 8.48. The Bertz CT molecular complexity index is 1120. The second kappa shape index (κ2) is 8.21. The predicted molar refractivity (Wildman–Crippen MR) is 121 cm³/mol. The van der Waals surface area contributed by atoms with E-state index in [0.717, 1.165) is 48.0 Å². The summed E-state index contributed by atoms with van der Waals surface area (Å²) in [5, 5.41) is 6.25. The van der Waals surface area contributed by atoms with E-state index < -0.39 is 5.54 Å². The maximum absolute atomic E-state index is 12.6. The number of nitrogens with zero attached hydrogens (tertiary/aromatic N) is 2. The molecule has 0 radical (unpaired) electrons. The van der Waals surface area contributed by atoms with Crippen molar-refractivity contribution in [2.45, 2.75) is 30.7 Å². The molecular formula is C25H26N4O2. The summed E-state index contributed by atoms with van der Waals surface area (Å²) in [6.07, 6.45) is 7.98. The van der Waals surface area contributed by atoms with Crippen LogP contribution in [-0.4, -0.2) is 30.3 Å². The first-order chi connectivity index (χ1) is 15.1. The van der Waals surface area contributed by atoms with E-state index in [9.17, 15) is 4.79 Å². The quantitative estimate of drug-likeness (QED) is 0.494. The number of ether oxygens (including phenoxy) is 1. The molecule has 31 heavy (non-hydrogen) atoms. The van der Waals surface area contributed by atoms with Gasteiger partial charge in [-0.2, -0.15) is 5.10 Å². The number of rotatable bonds is 5. The molecular weight excluding hydrogens is 388 g/mol. The molecule has 3 N–H and O–H groups in total. The lowest BCUT2D eigenvalue weighted by Gasteiger charge is -2.23. The van der Waals surface area contributed by atoms with Crippen molar-refractivity contribution in [1.82, 2.24) is 10.4 Å². The van der Waals surface area contributed by atoms with Crippen molar-refractivity contribution in [3.63, 3.8) is 0 Å². The number of nitrogens with two attached hydrogens (primary N) is 1. The molecule has 0 bridgehead atoms. The Kier molecular flexibility index (Phi) is 5.26. The summed E-state index contributed by atoms with van der Waals surface area (Å²) < 4.78 is 5.45. The van der Waals surface area contributed by atoms with Crippen molar-refractivity contribution in [2.75, 3.05) is 13.2 Å².